The Morgan fingerprint density at radius 2 is 1.36 bits per heavy atom. The van der Waals surface area contributed by atoms with Crippen LogP contribution in [0.2, 0.25) is 5.02 Å². The molecule has 0 bridgehead atoms. The molecule has 0 unspecified atom stereocenters. The SMILES string of the molecule is CO[C@@]1(c2ccc(Cl)c(Cc3ccc4c(c3)CCO4)c2)O[C@@](C=O)(CO)[C@@H](OCc2ccccc2)[C@H](OCc2ccccc2)[C@H]1OCc1ccccc1. The van der Waals surface area contributed by atoms with Gasteiger partial charge in [-0.25, -0.2) is 0 Å². The van der Waals surface area contributed by atoms with E-state index in [1.165, 1.54) is 7.11 Å². The molecule has 9 heteroatoms. The molecule has 5 aromatic rings. The van der Waals surface area contributed by atoms with Crippen LogP contribution in [-0.2, 0) is 66.9 Å². The lowest BCUT2D eigenvalue weighted by Gasteiger charge is -2.55. The number of ether oxygens (including phenoxy) is 6. The van der Waals surface area contributed by atoms with Crippen LogP contribution in [0.4, 0.5) is 0 Å². The number of rotatable bonds is 15. The minimum absolute atomic E-state index is 0.123. The summed E-state index contributed by atoms with van der Waals surface area (Å²) in [6, 6.07) is 40.7. The maximum atomic E-state index is 13.4. The van der Waals surface area contributed by atoms with E-state index >= 15 is 0 Å². The highest BCUT2D eigenvalue weighted by Crippen LogP contribution is 2.48. The fraction of sp³-hybridized carbons (Fsp3) is 0.295. The van der Waals surface area contributed by atoms with Crippen LogP contribution < -0.4 is 4.74 Å². The van der Waals surface area contributed by atoms with Crippen molar-refractivity contribution in [2.45, 2.75) is 62.4 Å². The smallest absolute Gasteiger partial charge is 0.225 e. The first kappa shape index (κ1) is 37.0. The zero-order valence-electron chi connectivity index (χ0n) is 29.6. The van der Waals surface area contributed by atoms with Crippen LogP contribution in [0.5, 0.6) is 5.75 Å². The average Bonchev–Trinajstić information content (AvgIpc) is 3.68. The van der Waals surface area contributed by atoms with Crippen molar-refractivity contribution in [1.82, 2.24) is 0 Å². The van der Waals surface area contributed by atoms with Crippen molar-refractivity contribution in [3.05, 3.63) is 171 Å². The summed E-state index contributed by atoms with van der Waals surface area (Å²) in [4.78, 5) is 13.4. The van der Waals surface area contributed by atoms with Crippen LogP contribution in [0.15, 0.2) is 127 Å². The van der Waals surface area contributed by atoms with Crippen molar-refractivity contribution >= 4 is 17.9 Å². The number of hydrogen-bond donors (Lipinski definition) is 1. The molecule has 8 nitrogen and oxygen atoms in total. The zero-order chi connectivity index (χ0) is 36.7. The Kier molecular flexibility index (Phi) is 11.7. The molecule has 2 heterocycles. The van der Waals surface area contributed by atoms with Crippen LogP contribution >= 0.6 is 11.6 Å². The third-order valence-electron chi connectivity index (χ3n) is 9.97. The first-order valence-electron chi connectivity index (χ1n) is 17.8. The van der Waals surface area contributed by atoms with Crippen molar-refractivity contribution in [2.24, 2.45) is 0 Å². The predicted octanol–water partition coefficient (Wildman–Crippen LogP) is 7.38. The van der Waals surface area contributed by atoms with E-state index in [2.05, 4.69) is 6.07 Å². The Morgan fingerprint density at radius 3 is 1.94 bits per heavy atom. The fourth-order valence-corrected chi connectivity index (χ4v) is 7.38. The quantitative estimate of drug-likeness (QED) is 0.112. The van der Waals surface area contributed by atoms with Gasteiger partial charge in [0.05, 0.1) is 33.0 Å². The van der Waals surface area contributed by atoms with Crippen molar-refractivity contribution in [2.75, 3.05) is 20.3 Å². The Hall–Kier alpha value is -4.38. The van der Waals surface area contributed by atoms with Gasteiger partial charge >= 0.3 is 0 Å². The highest BCUT2D eigenvalue weighted by atomic mass is 35.5. The van der Waals surface area contributed by atoms with Gasteiger partial charge in [-0.15, -0.1) is 0 Å². The second-order valence-corrected chi connectivity index (χ2v) is 13.8. The standard InChI is InChI=1S/C44H43ClO8/c1-48-44(37-18-19-38(45)36(25-37)24-34-17-20-39-35(23-34)21-22-49-39)42(52-28-33-15-9-4-10-16-33)40(50-26-31-11-5-2-6-12-31)41(43(29-46,30-47)53-44)51-27-32-13-7-3-8-14-32/h2-20,23,25,29,40-42,47H,21-22,24,26-28,30H2,1H3/t40-,41-,42+,43-,44-/m0/s1. The van der Waals surface area contributed by atoms with Crippen LogP contribution in [0, 0.1) is 0 Å². The van der Waals surface area contributed by atoms with E-state index < -0.39 is 36.3 Å². The van der Waals surface area contributed by atoms with E-state index in [0.29, 0.717) is 29.9 Å². The maximum Gasteiger partial charge on any atom is 0.225 e. The molecule has 0 aliphatic carbocycles. The Labute approximate surface area is 315 Å². The van der Waals surface area contributed by atoms with Gasteiger partial charge in [0, 0.05) is 24.1 Å². The van der Waals surface area contributed by atoms with E-state index in [1.807, 2.05) is 109 Å². The fourth-order valence-electron chi connectivity index (χ4n) is 7.20. The second kappa shape index (κ2) is 16.7. The molecule has 0 aromatic heterocycles. The van der Waals surface area contributed by atoms with Crippen LogP contribution in [0.3, 0.4) is 0 Å². The molecule has 0 amide bonds. The number of benzene rings is 5. The second-order valence-electron chi connectivity index (χ2n) is 13.4. The van der Waals surface area contributed by atoms with Crippen LogP contribution in [0.25, 0.3) is 0 Å². The molecule has 0 saturated carbocycles. The summed E-state index contributed by atoms with van der Waals surface area (Å²) in [6.07, 6.45) is -1.15. The molecule has 2 aliphatic heterocycles. The van der Waals surface area contributed by atoms with Gasteiger partial charge in [-0.05, 0) is 58.0 Å². The molecule has 7 rings (SSSR count). The van der Waals surface area contributed by atoms with Crippen molar-refractivity contribution in [1.29, 1.82) is 0 Å². The van der Waals surface area contributed by atoms with E-state index in [9.17, 15) is 9.90 Å². The number of aliphatic hydroxyl groups is 1. The highest BCUT2D eigenvalue weighted by molar-refractivity contribution is 6.31. The van der Waals surface area contributed by atoms with Gasteiger partial charge in [0.15, 0.2) is 11.9 Å². The predicted molar refractivity (Wildman–Crippen MR) is 201 cm³/mol. The van der Waals surface area contributed by atoms with Crippen LogP contribution in [0.1, 0.15) is 38.9 Å². The summed E-state index contributed by atoms with van der Waals surface area (Å²) in [5.74, 6) is -0.863. The molecule has 5 atom stereocenters. The number of hydrogen-bond acceptors (Lipinski definition) is 8. The Morgan fingerprint density at radius 1 is 0.755 bits per heavy atom. The lowest BCUT2D eigenvalue weighted by molar-refractivity contribution is -0.401. The van der Waals surface area contributed by atoms with Gasteiger partial charge in [0.1, 0.15) is 24.1 Å². The summed E-state index contributed by atoms with van der Waals surface area (Å²) in [5.41, 5.74) is 4.35. The minimum atomic E-state index is -1.92. The van der Waals surface area contributed by atoms with E-state index in [-0.39, 0.29) is 19.8 Å². The molecule has 274 valence electrons. The monoisotopic (exact) mass is 734 g/mol. The normalized spacial score (nSPS) is 23.6. The minimum Gasteiger partial charge on any atom is -0.493 e. The molecule has 0 radical (unpaired) electrons. The molecule has 2 aliphatic rings. The number of methoxy groups -OCH3 is 1. The lowest BCUT2D eigenvalue weighted by atomic mass is 9.80. The zero-order valence-corrected chi connectivity index (χ0v) is 30.3. The maximum absolute atomic E-state index is 13.4. The third-order valence-corrected chi connectivity index (χ3v) is 10.3. The molecular weight excluding hydrogens is 692 g/mol. The van der Waals surface area contributed by atoms with Crippen molar-refractivity contribution in [3.63, 3.8) is 0 Å². The average molecular weight is 735 g/mol. The van der Waals surface area contributed by atoms with Crippen molar-refractivity contribution in [3.8, 4) is 5.75 Å². The molecule has 53 heavy (non-hydrogen) atoms. The summed E-state index contributed by atoms with van der Waals surface area (Å²) < 4.78 is 39.2. The van der Waals surface area contributed by atoms with Gasteiger partial charge < -0.3 is 33.5 Å². The van der Waals surface area contributed by atoms with E-state index in [0.717, 1.165) is 45.6 Å². The van der Waals surface area contributed by atoms with E-state index in [4.69, 9.17) is 40.0 Å². The Bertz CT molecular complexity index is 1960. The molecule has 1 saturated heterocycles. The molecule has 0 spiro atoms. The third kappa shape index (κ3) is 7.95. The number of carbonyl (C=O) groups excluding carboxylic acids is 1. The first-order valence-corrected chi connectivity index (χ1v) is 18.2. The van der Waals surface area contributed by atoms with E-state index in [1.54, 1.807) is 12.1 Å². The molecule has 1 N–H and O–H groups in total. The number of aldehydes is 1. The van der Waals surface area contributed by atoms with Gasteiger partial charge in [-0.2, -0.15) is 0 Å². The topological polar surface area (TPSA) is 92.7 Å². The van der Waals surface area contributed by atoms with Gasteiger partial charge in [0.25, 0.3) is 0 Å². The van der Waals surface area contributed by atoms with Gasteiger partial charge in [-0.3, -0.25) is 4.79 Å². The van der Waals surface area contributed by atoms with Gasteiger partial charge in [-0.1, -0.05) is 121 Å². The summed E-state index contributed by atoms with van der Waals surface area (Å²) in [6.45, 7) is 0.407. The largest absolute Gasteiger partial charge is 0.493 e. The Balaban J connectivity index is 1.33. The molecule has 1 fully saturated rings. The summed E-state index contributed by atoms with van der Waals surface area (Å²) >= 11 is 6.87. The number of fused-ring (bicyclic) bond motifs is 1. The summed E-state index contributed by atoms with van der Waals surface area (Å²) in [5, 5.41) is 11.7. The van der Waals surface area contributed by atoms with Crippen LogP contribution in [-0.4, -0.2) is 55.6 Å². The number of halogens is 1. The van der Waals surface area contributed by atoms with Crippen molar-refractivity contribution < 1.29 is 38.3 Å². The first-order chi connectivity index (χ1) is 26.0. The van der Waals surface area contributed by atoms with Gasteiger partial charge in [0.2, 0.25) is 5.79 Å². The summed E-state index contributed by atoms with van der Waals surface area (Å²) in [7, 11) is 1.50. The molecule has 5 aromatic carbocycles. The number of aliphatic hydroxyl groups excluding tert-OH is 1. The lowest BCUT2D eigenvalue weighted by Crippen LogP contribution is -2.72. The number of carbonyl (C=O) groups is 1. The highest BCUT2D eigenvalue weighted by Gasteiger charge is 2.64. The molecular formula is C44H43ClO8.